The molecule has 13 rings (SSSR count). The van der Waals surface area contributed by atoms with E-state index in [0.29, 0.717) is 0 Å². The molecule has 3 aromatic heterocycles. The molecule has 0 bridgehead atoms. The van der Waals surface area contributed by atoms with Crippen LogP contribution < -0.4 is 21.3 Å². The lowest BCUT2D eigenvalue weighted by atomic mass is 9.37. The van der Waals surface area contributed by atoms with Crippen molar-refractivity contribution in [2.45, 2.75) is 0 Å². The monoisotopic (exact) mass is 707 g/mol. The van der Waals surface area contributed by atoms with E-state index in [1.165, 1.54) is 96.0 Å². The first kappa shape index (κ1) is 28.5. The van der Waals surface area contributed by atoms with Gasteiger partial charge in [0.2, 0.25) is 6.71 Å². The van der Waals surface area contributed by atoms with Crippen LogP contribution in [0.15, 0.2) is 162 Å². The summed E-state index contributed by atoms with van der Waals surface area (Å²) >= 11 is 3.78. The molecule has 0 aliphatic carbocycles. The van der Waals surface area contributed by atoms with Crippen LogP contribution in [0.4, 0.5) is 17.1 Å². The Kier molecular flexibility index (Phi) is 5.51. The van der Waals surface area contributed by atoms with E-state index in [4.69, 9.17) is 4.42 Å². The number of hydrogen-bond acceptors (Lipinski definition) is 4. The van der Waals surface area contributed by atoms with Gasteiger partial charge >= 0.3 is 0 Å². The van der Waals surface area contributed by atoms with E-state index in [-0.39, 0.29) is 6.71 Å². The lowest BCUT2D eigenvalue weighted by molar-refractivity contribution is 0.669. The first-order chi connectivity index (χ1) is 26.2. The maximum absolute atomic E-state index is 6.25. The summed E-state index contributed by atoms with van der Waals surface area (Å²) in [5, 5.41) is 7.62. The summed E-state index contributed by atoms with van der Waals surface area (Å²) in [5.41, 5.74) is 14.8. The van der Waals surface area contributed by atoms with Gasteiger partial charge in [0.05, 0.1) is 0 Å². The normalized spacial score (nSPS) is 13.2. The number of nitrogens with zero attached hydrogens (tertiary/aromatic N) is 1. The van der Waals surface area contributed by atoms with Gasteiger partial charge in [0.25, 0.3) is 0 Å². The molecular weight excluding hydrogens is 681 g/mol. The zero-order valence-electron chi connectivity index (χ0n) is 28.3. The van der Waals surface area contributed by atoms with Crippen LogP contribution in [0.25, 0.3) is 84.5 Å². The molecule has 11 aromatic rings. The maximum Gasteiger partial charge on any atom is 0.248 e. The highest BCUT2D eigenvalue weighted by Gasteiger charge is 2.43. The van der Waals surface area contributed by atoms with E-state index < -0.39 is 0 Å². The number of rotatable bonds is 2. The van der Waals surface area contributed by atoms with Crippen LogP contribution in [0.5, 0.6) is 0 Å². The molecule has 0 amide bonds. The molecule has 53 heavy (non-hydrogen) atoms. The molecule has 0 fully saturated rings. The van der Waals surface area contributed by atoms with Crippen molar-refractivity contribution in [2.75, 3.05) is 4.90 Å². The van der Waals surface area contributed by atoms with Crippen LogP contribution >= 0.6 is 22.7 Å². The SMILES string of the molecule is c1ccc2c(c1)B1c3cc4c(cc3N(c3ccc5c(c3)sc3ccccc35)c3cc(-c5ccc6oc7ccccc7c6c5)cc-2c31)sc1ccccc14. The Balaban J connectivity index is 1.13. The van der Waals surface area contributed by atoms with Crippen LogP contribution in [0, 0.1) is 0 Å². The van der Waals surface area contributed by atoms with Crippen molar-refractivity contribution in [1.29, 1.82) is 0 Å². The summed E-state index contributed by atoms with van der Waals surface area (Å²) in [6, 6.07) is 58.8. The van der Waals surface area contributed by atoms with E-state index in [9.17, 15) is 0 Å². The second-order valence-electron chi connectivity index (χ2n) is 14.4. The summed E-state index contributed by atoms with van der Waals surface area (Å²) in [6.07, 6.45) is 0. The molecule has 0 radical (unpaired) electrons. The Bertz CT molecular complexity index is 3390. The fraction of sp³-hybridized carbons (Fsp3) is 0. The zero-order valence-corrected chi connectivity index (χ0v) is 29.9. The first-order valence-electron chi connectivity index (χ1n) is 18.1. The van der Waals surface area contributed by atoms with Gasteiger partial charge in [0.15, 0.2) is 0 Å². The van der Waals surface area contributed by atoms with Crippen LogP contribution in [0.2, 0.25) is 0 Å². The number of fused-ring (bicyclic) bond motifs is 14. The molecule has 5 heteroatoms. The van der Waals surface area contributed by atoms with Crippen molar-refractivity contribution in [3.63, 3.8) is 0 Å². The lowest BCUT2D eigenvalue weighted by Gasteiger charge is -2.36. The third-order valence-electron chi connectivity index (χ3n) is 11.7. The average molecular weight is 708 g/mol. The highest BCUT2D eigenvalue weighted by Crippen LogP contribution is 2.47. The summed E-state index contributed by atoms with van der Waals surface area (Å²) in [4.78, 5) is 2.57. The fourth-order valence-corrected chi connectivity index (χ4v) is 11.6. The lowest BCUT2D eigenvalue weighted by Crippen LogP contribution is -2.54. The van der Waals surface area contributed by atoms with Crippen molar-refractivity contribution in [3.8, 4) is 22.3 Å². The summed E-state index contributed by atoms with van der Waals surface area (Å²) < 4.78 is 11.5. The Morgan fingerprint density at radius 1 is 0.415 bits per heavy atom. The number of thiophene rings is 2. The largest absolute Gasteiger partial charge is 0.456 e. The molecule has 8 aromatic carbocycles. The first-order valence-corrected chi connectivity index (χ1v) is 19.7. The molecule has 0 spiro atoms. The van der Waals surface area contributed by atoms with E-state index in [0.717, 1.165) is 21.9 Å². The van der Waals surface area contributed by atoms with E-state index in [1.54, 1.807) is 0 Å². The molecule has 244 valence electrons. The predicted octanol–water partition coefficient (Wildman–Crippen LogP) is 12.3. The smallest absolute Gasteiger partial charge is 0.248 e. The number of benzene rings is 8. The van der Waals surface area contributed by atoms with Gasteiger partial charge in [-0.25, -0.2) is 0 Å². The molecule has 0 N–H and O–H groups in total. The van der Waals surface area contributed by atoms with Crippen molar-refractivity contribution < 1.29 is 4.42 Å². The summed E-state index contributed by atoms with van der Waals surface area (Å²) in [5.74, 6) is 0. The Morgan fingerprint density at radius 3 is 1.98 bits per heavy atom. The summed E-state index contributed by atoms with van der Waals surface area (Å²) in [7, 11) is 0. The third kappa shape index (κ3) is 3.83. The van der Waals surface area contributed by atoms with Crippen molar-refractivity contribution in [3.05, 3.63) is 158 Å². The third-order valence-corrected chi connectivity index (χ3v) is 13.9. The fourth-order valence-electron chi connectivity index (χ4n) is 9.36. The molecule has 2 aliphatic heterocycles. The predicted molar refractivity (Wildman–Crippen MR) is 230 cm³/mol. The van der Waals surface area contributed by atoms with Crippen molar-refractivity contribution in [2.24, 2.45) is 0 Å². The van der Waals surface area contributed by atoms with Gasteiger partial charge in [0.1, 0.15) is 11.2 Å². The van der Waals surface area contributed by atoms with Gasteiger partial charge in [-0.05, 0) is 99.2 Å². The van der Waals surface area contributed by atoms with Crippen LogP contribution in [0.3, 0.4) is 0 Å². The van der Waals surface area contributed by atoms with E-state index >= 15 is 0 Å². The average Bonchev–Trinajstić information content (AvgIpc) is 3.96. The van der Waals surface area contributed by atoms with Gasteiger partial charge < -0.3 is 9.32 Å². The van der Waals surface area contributed by atoms with Crippen molar-refractivity contribution in [1.82, 2.24) is 0 Å². The Hall–Kier alpha value is -6.14. The molecule has 5 heterocycles. The molecular formula is C48H26BNOS2. The molecule has 0 unspecified atom stereocenters. The minimum absolute atomic E-state index is 0.146. The molecule has 0 saturated heterocycles. The Labute approximate surface area is 312 Å². The van der Waals surface area contributed by atoms with Gasteiger partial charge in [-0.3, -0.25) is 0 Å². The molecule has 0 atom stereocenters. The molecule has 2 aliphatic rings. The molecule has 0 saturated carbocycles. The van der Waals surface area contributed by atoms with Crippen LogP contribution in [0.1, 0.15) is 0 Å². The minimum Gasteiger partial charge on any atom is -0.456 e. The number of hydrogen-bond donors (Lipinski definition) is 0. The zero-order chi connectivity index (χ0) is 34.4. The highest BCUT2D eigenvalue weighted by atomic mass is 32.1. The molecule has 2 nitrogen and oxygen atoms in total. The second-order valence-corrected chi connectivity index (χ2v) is 16.6. The number of anilines is 3. The van der Waals surface area contributed by atoms with Crippen molar-refractivity contribution >= 4 is 125 Å². The number of furan rings is 1. The second kappa shape index (κ2) is 10.3. The van der Waals surface area contributed by atoms with Gasteiger partial charge in [-0.1, -0.05) is 103 Å². The van der Waals surface area contributed by atoms with Gasteiger partial charge in [0, 0.05) is 62.8 Å². The summed E-state index contributed by atoms with van der Waals surface area (Å²) in [6.45, 7) is 0.146. The van der Waals surface area contributed by atoms with E-state index in [1.807, 2.05) is 28.7 Å². The number of para-hydroxylation sites is 1. The van der Waals surface area contributed by atoms with Crippen LogP contribution in [-0.4, -0.2) is 6.71 Å². The van der Waals surface area contributed by atoms with Gasteiger partial charge in [-0.2, -0.15) is 0 Å². The maximum atomic E-state index is 6.25. The Morgan fingerprint density at radius 2 is 1.11 bits per heavy atom. The highest BCUT2D eigenvalue weighted by molar-refractivity contribution is 7.26. The van der Waals surface area contributed by atoms with E-state index in [2.05, 4.69) is 157 Å². The van der Waals surface area contributed by atoms with Crippen LogP contribution in [-0.2, 0) is 0 Å². The standard InChI is InChI=1S/C48H26BNOS2/c1-5-13-38-30(9-1)37-22-28(27-17-20-43-35(21-27)31-10-2-6-14-42(31)51-43)23-41-48(37)49(38)39-25-36-33-12-4-8-16-45(33)53-47(36)26-40(39)50(41)29-18-19-34-32-11-3-7-15-44(32)52-46(34)24-29/h1-26H. The topological polar surface area (TPSA) is 16.4 Å². The quantitative estimate of drug-likeness (QED) is 0.166. The van der Waals surface area contributed by atoms with Gasteiger partial charge in [-0.15, -0.1) is 22.7 Å². The minimum atomic E-state index is 0.146.